The van der Waals surface area contributed by atoms with Crippen molar-refractivity contribution in [3.8, 4) is 0 Å². The summed E-state index contributed by atoms with van der Waals surface area (Å²) in [6.45, 7) is 2.33. The molecule has 4 rings (SSSR count). The molecule has 0 bridgehead atoms. The molecule has 0 saturated heterocycles. The van der Waals surface area contributed by atoms with Crippen molar-refractivity contribution in [1.82, 2.24) is 0 Å². The first-order valence-electron chi connectivity index (χ1n) is 9.82. The van der Waals surface area contributed by atoms with Crippen LogP contribution in [0.15, 0.2) is 23.8 Å². The zero-order chi connectivity index (χ0) is 20.7. The van der Waals surface area contributed by atoms with Crippen LogP contribution in [-0.2, 0) is 9.59 Å². The van der Waals surface area contributed by atoms with Gasteiger partial charge in [0.15, 0.2) is 22.8 Å². The molecular weight excluding hydrogens is 367 g/mol. The second kappa shape index (κ2) is 5.81. The third kappa shape index (κ3) is 2.01. The number of aliphatic hydroxyl groups excluding tert-OH is 3. The molecule has 0 aromatic heterocycles. The molecule has 0 heterocycles. The van der Waals surface area contributed by atoms with Gasteiger partial charge in [0, 0.05) is 16.7 Å². The van der Waals surface area contributed by atoms with Gasteiger partial charge in [-0.05, 0) is 50.7 Å². The molecule has 0 aromatic rings. The molecule has 8 atom stereocenters. The molecule has 0 radical (unpaired) electrons. The molecule has 28 heavy (non-hydrogen) atoms. The number of Topliss-reactive ketones (excluding diaryl/α,β-unsaturated/α-hetero) is 1. The molecule has 6 nitrogen and oxygen atoms in total. The molecule has 7 heteroatoms. The number of hydrogen-bond acceptors (Lipinski definition) is 6. The Morgan fingerprint density at radius 2 is 1.93 bits per heavy atom. The van der Waals surface area contributed by atoms with Crippen molar-refractivity contribution >= 4 is 11.6 Å². The number of alkyl halides is 1. The molecule has 0 amide bonds. The highest BCUT2D eigenvalue weighted by Crippen LogP contribution is 2.69. The van der Waals surface area contributed by atoms with Crippen LogP contribution < -0.4 is 0 Å². The monoisotopic (exact) mass is 394 g/mol. The topological polar surface area (TPSA) is 115 Å². The number of aliphatic hydroxyl groups is 4. The summed E-state index contributed by atoms with van der Waals surface area (Å²) in [7, 11) is 0. The van der Waals surface area contributed by atoms with Gasteiger partial charge in [-0.2, -0.15) is 0 Å². The first-order valence-corrected chi connectivity index (χ1v) is 9.82. The van der Waals surface area contributed by atoms with Gasteiger partial charge in [0.05, 0.1) is 12.2 Å². The Hall–Kier alpha value is -1.41. The number of rotatable bonds is 2. The minimum atomic E-state index is -2.23. The molecule has 4 N–H and O–H groups in total. The molecule has 154 valence electrons. The minimum absolute atomic E-state index is 0.0135. The second-order valence-electron chi connectivity index (χ2n) is 9.36. The Morgan fingerprint density at radius 1 is 1.25 bits per heavy atom. The van der Waals surface area contributed by atoms with Gasteiger partial charge < -0.3 is 20.4 Å². The smallest absolute Gasteiger partial charge is 0.192 e. The van der Waals surface area contributed by atoms with Crippen molar-refractivity contribution in [1.29, 1.82) is 0 Å². The van der Waals surface area contributed by atoms with Crippen LogP contribution in [0.2, 0.25) is 0 Å². The predicted octanol–water partition coefficient (Wildman–Crippen LogP) is 0.620. The highest BCUT2D eigenvalue weighted by Gasteiger charge is 2.76. The lowest BCUT2D eigenvalue weighted by molar-refractivity contribution is -0.222. The zero-order valence-corrected chi connectivity index (χ0v) is 16.1. The number of fused-ring (bicyclic) bond motifs is 5. The van der Waals surface area contributed by atoms with E-state index in [1.165, 1.54) is 18.2 Å². The van der Waals surface area contributed by atoms with Gasteiger partial charge in [0.2, 0.25) is 0 Å². The maximum absolute atomic E-state index is 16.8. The third-order valence-corrected chi connectivity index (χ3v) is 8.43. The first-order chi connectivity index (χ1) is 13.0. The number of hydrogen-bond donors (Lipinski definition) is 4. The Labute approximate surface area is 162 Å². The summed E-state index contributed by atoms with van der Waals surface area (Å²) in [5, 5.41) is 42.1. The summed E-state index contributed by atoms with van der Waals surface area (Å²) < 4.78 is 16.8. The van der Waals surface area contributed by atoms with E-state index in [0.29, 0.717) is 18.4 Å². The number of ketones is 2. The van der Waals surface area contributed by atoms with Crippen LogP contribution in [0.5, 0.6) is 0 Å². The fourth-order valence-corrected chi connectivity index (χ4v) is 6.85. The average molecular weight is 394 g/mol. The van der Waals surface area contributed by atoms with E-state index in [2.05, 4.69) is 0 Å². The van der Waals surface area contributed by atoms with Gasteiger partial charge in [-0.25, -0.2) is 4.39 Å². The molecule has 0 unspecified atom stereocenters. The van der Waals surface area contributed by atoms with Crippen LogP contribution in [0.25, 0.3) is 0 Å². The Morgan fingerprint density at radius 3 is 2.57 bits per heavy atom. The van der Waals surface area contributed by atoms with E-state index in [4.69, 9.17) is 0 Å². The summed E-state index contributed by atoms with van der Waals surface area (Å²) in [6.07, 6.45) is 1.93. The molecule has 0 aliphatic heterocycles. The fraction of sp³-hybridized carbons (Fsp3) is 0.714. The van der Waals surface area contributed by atoms with E-state index in [-0.39, 0.29) is 18.6 Å². The first kappa shape index (κ1) is 19.9. The molecule has 0 spiro atoms. The number of allylic oxidation sites excluding steroid dienone is 4. The van der Waals surface area contributed by atoms with Crippen LogP contribution in [-0.4, -0.2) is 62.1 Å². The summed E-state index contributed by atoms with van der Waals surface area (Å²) >= 11 is 0. The molecule has 4 aliphatic rings. The van der Waals surface area contributed by atoms with Crippen LogP contribution in [0, 0.1) is 22.7 Å². The van der Waals surface area contributed by atoms with E-state index in [1.807, 2.05) is 0 Å². The highest BCUT2D eigenvalue weighted by atomic mass is 19.1. The summed E-state index contributed by atoms with van der Waals surface area (Å²) in [5.41, 5.74) is -6.12. The lowest BCUT2D eigenvalue weighted by atomic mass is 9.44. The van der Waals surface area contributed by atoms with Crippen molar-refractivity contribution in [2.45, 2.75) is 63.0 Å². The Bertz CT molecular complexity index is 807. The van der Waals surface area contributed by atoms with E-state index in [0.717, 1.165) is 0 Å². The molecule has 0 aromatic carbocycles. The summed E-state index contributed by atoms with van der Waals surface area (Å²) in [6, 6.07) is 0. The maximum Gasteiger partial charge on any atom is 0.192 e. The van der Waals surface area contributed by atoms with Crippen molar-refractivity contribution in [3.05, 3.63) is 23.8 Å². The van der Waals surface area contributed by atoms with Gasteiger partial charge in [-0.3, -0.25) is 9.59 Å². The van der Waals surface area contributed by atoms with Gasteiger partial charge in [-0.1, -0.05) is 18.6 Å². The SMILES string of the molecule is C[C@]12C=CC(=O)C=C1CC[C@@H]1[C@H]3C[C@@H](O)[C@@](O)(C(=O)CO)[C@]3(C)C[C@H](O)[C@]12F. The Balaban J connectivity index is 1.84. The number of halogens is 1. The summed E-state index contributed by atoms with van der Waals surface area (Å²) in [5.74, 6) is -2.38. The van der Waals surface area contributed by atoms with E-state index in [9.17, 15) is 30.0 Å². The normalized spacial score (nSPS) is 52.5. The van der Waals surface area contributed by atoms with Gasteiger partial charge in [0.25, 0.3) is 0 Å². The van der Waals surface area contributed by atoms with Gasteiger partial charge in [-0.15, -0.1) is 0 Å². The third-order valence-electron chi connectivity index (χ3n) is 8.43. The van der Waals surface area contributed by atoms with Crippen molar-refractivity contribution < 1.29 is 34.4 Å². The van der Waals surface area contributed by atoms with Crippen LogP contribution in [0.3, 0.4) is 0 Å². The van der Waals surface area contributed by atoms with Gasteiger partial charge in [0.1, 0.15) is 6.61 Å². The Kier molecular flexibility index (Phi) is 4.13. The minimum Gasteiger partial charge on any atom is -0.390 e. The summed E-state index contributed by atoms with van der Waals surface area (Å²) in [4.78, 5) is 24.2. The predicted molar refractivity (Wildman–Crippen MR) is 96.8 cm³/mol. The lowest BCUT2D eigenvalue weighted by Gasteiger charge is -2.62. The number of carbonyl (C=O) groups is 2. The van der Waals surface area contributed by atoms with Crippen molar-refractivity contribution in [2.24, 2.45) is 22.7 Å². The fourth-order valence-electron chi connectivity index (χ4n) is 6.85. The maximum atomic E-state index is 16.8. The van der Waals surface area contributed by atoms with Crippen LogP contribution >= 0.6 is 0 Å². The quantitative estimate of drug-likeness (QED) is 0.546. The molecular formula is C21H27FO6. The lowest BCUT2D eigenvalue weighted by Crippen LogP contribution is -2.69. The van der Waals surface area contributed by atoms with Crippen molar-refractivity contribution in [2.75, 3.05) is 6.61 Å². The van der Waals surface area contributed by atoms with E-state index >= 15 is 4.39 Å². The van der Waals surface area contributed by atoms with Gasteiger partial charge >= 0.3 is 0 Å². The molecule has 3 saturated carbocycles. The number of carbonyl (C=O) groups excluding carboxylic acids is 2. The van der Waals surface area contributed by atoms with Crippen LogP contribution in [0.4, 0.5) is 4.39 Å². The zero-order valence-electron chi connectivity index (χ0n) is 16.1. The van der Waals surface area contributed by atoms with Crippen molar-refractivity contribution in [3.63, 3.8) is 0 Å². The largest absolute Gasteiger partial charge is 0.390 e. The molecule has 3 fully saturated rings. The van der Waals surface area contributed by atoms with E-state index < -0.39 is 58.5 Å². The second-order valence-corrected chi connectivity index (χ2v) is 9.36. The van der Waals surface area contributed by atoms with E-state index in [1.54, 1.807) is 13.8 Å². The average Bonchev–Trinajstić information content (AvgIpc) is 2.84. The van der Waals surface area contributed by atoms with Crippen LogP contribution in [0.1, 0.15) is 39.5 Å². The molecule has 4 aliphatic carbocycles. The highest BCUT2D eigenvalue weighted by molar-refractivity contribution is 6.01. The standard InChI is InChI=1S/C21H27FO6/c1-18-6-5-12(24)7-11(18)3-4-13-14-8-15(25)21(28,17(27)10-23)19(14,2)9-16(26)20(13,18)22/h5-7,13-16,23,25-26,28H,3-4,8-10H2,1-2H3/t13-,14-,15-,16+,18+,19-,20-,21-/m1/s1.